The van der Waals surface area contributed by atoms with E-state index in [1.165, 1.54) is 22.2 Å². The number of aryl methyl sites for hydroxylation is 1. The molecule has 1 aromatic carbocycles. The van der Waals surface area contributed by atoms with E-state index >= 15 is 0 Å². The Hall–Kier alpha value is -1.77. The Kier molecular flexibility index (Phi) is 2.85. The lowest BCUT2D eigenvalue weighted by atomic mass is 10.0. The Labute approximate surface area is 113 Å². The van der Waals surface area contributed by atoms with E-state index in [2.05, 4.69) is 35.9 Å². The Balaban J connectivity index is 2.05. The Morgan fingerprint density at radius 3 is 2.74 bits per heavy atom. The van der Waals surface area contributed by atoms with Crippen molar-refractivity contribution in [2.24, 2.45) is 13.0 Å². The molecule has 0 unspecified atom stereocenters. The number of para-hydroxylation sites is 1. The maximum atomic E-state index is 12.2. The van der Waals surface area contributed by atoms with E-state index in [0.717, 1.165) is 19.5 Å². The zero-order valence-corrected chi connectivity index (χ0v) is 11.8. The van der Waals surface area contributed by atoms with Crippen molar-refractivity contribution in [2.75, 3.05) is 6.54 Å². The number of hydrogen-bond acceptors (Lipinski definition) is 1. The van der Waals surface area contributed by atoms with E-state index in [1.807, 2.05) is 18.7 Å². The molecule has 19 heavy (non-hydrogen) atoms. The zero-order valence-electron chi connectivity index (χ0n) is 11.8. The lowest BCUT2D eigenvalue weighted by Gasteiger charge is -2.29. The molecule has 1 amide bonds. The van der Waals surface area contributed by atoms with Gasteiger partial charge in [-0.1, -0.05) is 32.0 Å². The fourth-order valence-corrected chi connectivity index (χ4v) is 3.08. The first kappa shape index (κ1) is 12.3. The molecule has 0 saturated carbocycles. The number of rotatable bonds is 1. The first-order valence-corrected chi connectivity index (χ1v) is 6.93. The molecule has 3 heteroatoms. The van der Waals surface area contributed by atoms with Crippen LogP contribution in [0, 0.1) is 5.92 Å². The third-order valence-electron chi connectivity index (χ3n) is 4.12. The Bertz CT molecular complexity index is 639. The summed E-state index contributed by atoms with van der Waals surface area (Å²) in [5, 5.41) is 1.29. The molecule has 3 nitrogen and oxygen atoms in total. The summed E-state index contributed by atoms with van der Waals surface area (Å²) in [5.41, 5.74) is 3.98. The van der Waals surface area contributed by atoms with Crippen LogP contribution in [0.15, 0.2) is 24.3 Å². The standard InChI is InChI=1S/C16H20N2O/c1-11(2)16(19)18-9-8-15-13(10-18)12-6-4-5-7-14(12)17(15)3/h4-7,11H,8-10H2,1-3H3. The number of fused-ring (bicyclic) bond motifs is 3. The molecule has 1 aromatic heterocycles. The van der Waals surface area contributed by atoms with Gasteiger partial charge in [-0.3, -0.25) is 4.79 Å². The molecule has 0 fully saturated rings. The summed E-state index contributed by atoms with van der Waals surface area (Å²) in [7, 11) is 2.13. The highest BCUT2D eigenvalue weighted by molar-refractivity contribution is 5.87. The van der Waals surface area contributed by atoms with Crippen LogP contribution in [0.25, 0.3) is 10.9 Å². The number of benzene rings is 1. The molecule has 3 rings (SSSR count). The molecule has 100 valence electrons. The molecule has 2 heterocycles. The van der Waals surface area contributed by atoms with Crippen molar-refractivity contribution in [3.05, 3.63) is 35.5 Å². The van der Waals surface area contributed by atoms with E-state index in [-0.39, 0.29) is 11.8 Å². The minimum Gasteiger partial charge on any atom is -0.347 e. The highest BCUT2D eigenvalue weighted by atomic mass is 16.2. The van der Waals surface area contributed by atoms with Crippen LogP contribution in [0.5, 0.6) is 0 Å². The summed E-state index contributed by atoms with van der Waals surface area (Å²) in [4.78, 5) is 14.2. The number of carbonyl (C=O) groups is 1. The molecule has 0 bridgehead atoms. The minimum atomic E-state index is 0.0801. The SMILES string of the molecule is CC(C)C(=O)N1CCc2c(c3ccccc3n2C)C1. The van der Waals surface area contributed by atoms with Crippen LogP contribution in [0.2, 0.25) is 0 Å². The minimum absolute atomic E-state index is 0.0801. The third-order valence-corrected chi connectivity index (χ3v) is 4.12. The monoisotopic (exact) mass is 256 g/mol. The van der Waals surface area contributed by atoms with Gasteiger partial charge in [-0.25, -0.2) is 0 Å². The summed E-state index contributed by atoms with van der Waals surface area (Å²) in [5.74, 6) is 0.343. The van der Waals surface area contributed by atoms with Crippen LogP contribution in [-0.4, -0.2) is 21.9 Å². The van der Waals surface area contributed by atoms with E-state index in [9.17, 15) is 4.79 Å². The summed E-state index contributed by atoms with van der Waals surface area (Å²) >= 11 is 0. The quantitative estimate of drug-likeness (QED) is 0.770. The molecular formula is C16H20N2O. The van der Waals surface area contributed by atoms with Crippen LogP contribution >= 0.6 is 0 Å². The number of amides is 1. The smallest absolute Gasteiger partial charge is 0.225 e. The van der Waals surface area contributed by atoms with Crippen molar-refractivity contribution in [3.8, 4) is 0 Å². The van der Waals surface area contributed by atoms with Gasteiger partial charge in [0.25, 0.3) is 0 Å². The summed E-state index contributed by atoms with van der Waals surface area (Å²) in [6.45, 7) is 5.55. The van der Waals surface area contributed by atoms with Crippen molar-refractivity contribution >= 4 is 16.8 Å². The normalized spacial score (nSPS) is 15.1. The van der Waals surface area contributed by atoms with Gasteiger partial charge in [-0.15, -0.1) is 0 Å². The van der Waals surface area contributed by atoms with Gasteiger partial charge in [0.1, 0.15) is 0 Å². The zero-order chi connectivity index (χ0) is 13.6. The van der Waals surface area contributed by atoms with E-state index in [1.54, 1.807) is 0 Å². The molecule has 0 spiro atoms. The average molecular weight is 256 g/mol. The number of aromatic nitrogens is 1. The van der Waals surface area contributed by atoms with Crippen molar-refractivity contribution in [1.29, 1.82) is 0 Å². The van der Waals surface area contributed by atoms with Crippen molar-refractivity contribution in [3.63, 3.8) is 0 Å². The van der Waals surface area contributed by atoms with Gasteiger partial charge in [-0.2, -0.15) is 0 Å². The van der Waals surface area contributed by atoms with E-state index < -0.39 is 0 Å². The van der Waals surface area contributed by atoms with E-state index in [0.29, 0.717) is 0 Å². The largest absolute Gasteiger partial charge is 0.347 e. The number of carbonyl (C=O) groups excluding carboxylic acids is 1. The summed E-state index contributed by atoms with van der Waals surface area (Å²) < 4.78 is 2.28. The highest BCUT2D eigenvalue weighted by Gasteiger charge is 2.26. The van der Waals surface area contributed by atoms with Crippen LogP contribution in [0.4, 0.5) is 0 Å². The predicted molar refractivity (Wildman–Crippen MR) is 76.9 cm³/mol. The molecular weight excluding hydrogens is 236 g/mol. The molecule has 0 saturated heterocycles. The third kappa shape index (κ3) is 1.84. The molecule has 1 aliphatic heterocycles. The molecule has 0 radical (unpaired) electrons. The number of nitrogens with zero attached hydrogens (tertiary/aromatic N) is 2. The second-order valence-electron chi connectivity index (χ2n) is 5.67. The van der Waals surface area contributed by atoms with Crippen molar-refractivity contribution < 1.29 is 4.79 Å². The maximum Gasteiger partial charge on any atom is 0.225 e. The van der Waals surface area contributed by atoms with Crippen molar-refractivity contribution in [2.45, 2.75) is 26.8 Å². The average Bonchev–Trinajstić information content (AvgIpc) is 2.72. The molecule has 2 aromatic rings. The summed E-state index contributed by atoms with van der Waals surface area (Å²) in [6, 6.07) is 8.47. The van der Waals surface area contributed by atoms with Crippen LogP contribution in [0.1, 0.15) is 25.1 Å². The fourth-order valence-electron chi connectivity index (χ4n) is 3.08. The topological polar surface area (TPSA) is 25.2 Å². The highest BCUT2D eigenvalue weighted by Crippen LogP contribution is 2.30. The van der Waals surface area contributed by atoms with Gasteiger partial charge < -0.3 is 9.47 Å². The van der Waals surface area contributed by atoms with Crippen molar-refractivity contribution in [1.82, 2.24) is 9.47 Å². The molecule has 1 aliphatic rings. The van der Waals surface area contributed by atoms with Gasteiger partial charge in [0.15, 0.2) is 0 Å². The number of hydrogen-bond donors (Lipinski definition) is 0. The molecule has 0 N–H and O–H groups in total. The molecule has 0 aliphatic carbocycles. The summed E-state index contributed by atoms with van der Waals surface area (Å²) in [6.07, 6.45) is 0.957. The predicted octanol–water partition coefficient (Wildman–Crippen LogP) is 2.72. The van der Waals surface area contributed by atoms with Crippen LogP contribution in [0.3, 0.4) is 0 Å². The Morgan fingerprint density at radius 1 is 1.26 bits per heavy atom. The van der Waals surface area contributed by atoms with Gasteiger partial charge in [0, 0.05) is 54.6 Å². The maximum absolute atomic E-state index is 12.2. The first-order chi connectivity index (χ1) is 9.09. The lowest BCUT2D eigenvalue weighted by molar-refractivity contribution is -0.135. The molecule has 0 atom stereocenters. The van der Waals surface area contributed by atoms with Crippen LogP contribution < -0.4 is 0 Å². The Morgan fingerprint density at radius 2 is 2.00 bits per heavy atom. The lowest BCUT2D eigenvalue weighted by Crippen LogP contribution is -2.38. The van der Waals surface area contributed by atoms with Crippen LogP contribution in [-0.2, 0) is 24.8 Å². The van der Waals surface area contributed by atoms with E-state index in [4.69, 9.17) is 0 Å². The second kappa shape index (κ2) is 4.41. The second-order valence-corrected chi connectivity index (χ2v) is 5.67. The van der Waals surface area contributed by atoms with Gasteiger partial charge in [0.2, 0.25) is 5.91 Å². The van der Waals surface area contributed by atoms with Gasteiger partial charge >= 0.3 is 0 Å². The fraction of sp³-hybridized carbons (Fsp3) is 0.438. The van der Waals surface area contributed by atoms with Gasteiger partial charge in [-0.05, 0) is 6.07 Å². The van der Waals surface area contributed by atoms with Gasteiger partial charge in [0.05, 0.1) is 0 Å². The first-order valence-electron chi connectivity index (χ1n) is 6.93.